The minimum Gasteiger partial charge on any atom is -0.474 e. The summed E-state index contributed by atoms with van der Waals surface area (Å²) in [5, 5.41) is 10.5. The van der Waals surface area contributed by atoms with E-state index in [0.29, 0.717) is 12.4 Å². The van der Waals surface area contributed by atoms with Crippen molar-refractivity contribution in [2.24, 2.45) is 0 Å². The molecule has 1 atom stereocenters. The summed E-state index contributed by atoms with van der Waals surface area (Å²) in [5.41, 5.74) is 2.57. The number of pyridine rings is 1. The second kappa shape index (κ2) is 8.43. The van der Waals surface area contributed by atoms with E-state index in [1.807, 2.05) is 19.1 Å². The van der Waals surface area contributed by atoms with Crippen LogP contribution in [0.5, 0.6) is 5.88 Å². The van der Waals surface area contributed by atoms with Gasteiger partial charge < -0.3 is 10.1 Å². The van der Waals surface area contributed by atoms with E-state index in [2.05, 4.69) is 20.5 Å². The number of carbonyl (C=O) groups excluding carboxylic acids is 1. The van der Waals surface area contributed by atoms with E-state index in [9.17, 15) is 4.79 Å². The van der Waals surface area contributed by atoms with Gasteiger partial charge in [0.15, 0.2) is 4.34 Å². The van der Waals surface area contributed by atoms with Crippen molar-refractivity contribution >= 4 is 29.0 Å². The average Bonchev–Trinajstić information content (AvgIpc) is 3.27. The van der Waals surface area contributed by atoms with Gasteiger partial charge in [0.2, 0.25) is 11.8 Å². The minimum absolute atomic E-state index is 0.0362. The van der Waals surface area contributed by atoms with Crippen LogP contribution in [0.4, 0.5) is 0 Å². The predicted octanol–water partition coefficient (Wildman–Crippen LogP) is 3.05. The zero-order valence-corrected chi connectivity index (χ0v) is 15.1. The van der Waals surface area contributed by atoms with Gasteiger partial charge >= 0.3 is 0 Å². The Morgan fingerprint density at radius 3 is 3.08 bits per heavy atom. The molecule has 128 valence electrons. The van der Waals surface area contributed by atoms with Crippen LogP contribution in [-0.2, 0) is 11.3 Å². The molecule has 0 bridgehead atoms. The van der Waals surface area contributed by atoms with Crippen LogP contribution in [0.15, 0.2) is 28.2 Å². The van der Waals surface area contributed by atoms with Crippen LogP contribution in [0, 0.1) is 0 Å². The molecule has 24 heavy (non-hydrogen) atoms. The molecular weight excluding hydrogens is 344 g/mol. The number of nitrogens with zero attached hydrogens (tertiary/aromatic N) is 3. The Morgan fingerprint density at radius 2 is 2.33 bits per heavy atom. The third-order valence-electron chi connectivity index (χ3n) is 3.87. The van der Waals surface area contributed by atoms with E-state index >= 15 is 0 Å². The lowest BCUT2D eigenvalue weighted by Crippen LogP contribution is -2.30. The predicted molar refractivity (Wildman–Crippen MR) is 94.2 cm³/mol. The second-order valence-electron chi connectivity index (χ2n) is 5.67. The highest BCUT2D eigenvalue weighted by molar-refractivity contribution is 8.02. The molecule has 8 heteroatoms. The summed E-state index contributed by atoms with van der Waals surface area (Å²) in [6.07, 6.45) is 6.56. The standard InChI is InChI=1S/C16H20N4O2S2/c1-11(24-16-20-19-10-23-16)14(21)18-9-12-5-4-8-17-15(12)22-13-6-2-3-7-13/h4-5,8,10-11,13H,2-3,6-7,9H2,1H3,(H,18,21)/t11-/m1/s1. The van der Waals surface area contributed by atoms with Crippen molar-refractivity contribution < 1.29 is 9.53 Å². The molecule has 1 fully saturated rings. The van der Waals surface area contributed by atoms with Crippen molar-refractivity contribution in [1.82, 2.24) is 20.5 Å². The average molecular weight is 364 g/mol. The molecule has 3 rings (SSSR count). The van der Waals surface area contributed by atoms with Crippen LogP contribution >= 0.6 is 23.1 Å². The maximum Gasteiger partial charge on any atom is 0.233 e. The number of amides is 1. The van der Waals surface area contributed by atoms with Crippen molar-refractivity contribution in [2.75, 3.05) is 0 Å². The van der Waals surface area contributed by atoms with E-state index in [1.165, 1.54) is 35.9 Å². The second-order valence-corrected chi connectivity index (χ2v) is 8.10. The van der Waals surface area contributed by atoms with E-state index in [1.54, 1.807) is 11.7 Å². The Balaban J connectivity index is 1.54. The van der Waals surface area contributed by atoms with Gasteiger partial charge in [-0.2, -0.15) is 0 Å². The van der Waals surface area contributed by atoms with Crippen LogP contribution < -0.4 is 10.1 Å². The molecule has 0 radical (unpaired) electrons. The van der Waals surface area contributed by atoms with Gasteiger partial charge in [-0.15, -0.1) is 10.2 Å². The number of carbonyl (C=O) groups is 1. The van der Waals surface area contributed by atoms with Crippen LogP contribution in [-0.4, -0.2) is 32.4 Å². The van der Waals surface area contributed by atoms with Gasteiger partial charge in [-0.05, 0) is 38.7 Å². The summed E-state index contributed by atoms with van der Waals surface area (Å²) in [7, 11) is 0. The van der Waals surface area contributed by atoms with Gasteiger partial charge in [0.1, 0.15) is 11.6 Å². The van der Waals surface area contributed by atoms with Gasteiger partial charge in [0.05, 0.1) is 5.25 Å². The van der Waals surface area contributed by atoms with Gasteiger partial charge in [0, 0.05) is 18.3 Å². The number of ether oxygens (including phenoxy) is 1. The maximum atomic E-state index is 12.3. The zero-order valence-electron chi connectivity index (χ0n) is 13.5. The molecule has 0 spiro atoms. The van der Waals surface area contributed by atoms with Crippen molar-refractivity contribution in [3.05, 3.63) is 29.4 Å². The molecule has 0 saturated heterocycles. The molecule has 1 aliphatic carbocycles. The van der Waals surface area contributed by atoms with Gasteiger partial charge in [-0.3, -0.25) is 4.79 Å². The normalized spacial score (nSPS) is 16.0. The summed E-state index contributed by atoms with van der Waals surface area (Å²) in [4.78, 5) is 16.6. The highest BCUT2D eigenvalue weighted by Gasteiger charge is 2.20. The molecule has 1 saturated carbocycles. The van der Waals surface area contributed by atoms with Crippen LogP contribution in [0.1, 0.15) is 38.2 Å². The van der Waals surface area contributed by atoms with Crippen LogP contribution in [0.3, 0.4) is 0 Å². The highest BCUT2D eigenvalue weighted by atomic mass is 32.2. The molecule has 2 aromatic heterocycles. The Labute approximate surface area is 149 Å². The van der Waals surface area contributed by atoms with E-state index in [-0.39, 0.29) is 17.3 Å². The molecule has 1 aliphatic rings. The molecule has 0 aliphatic heterocycles. The minimum atomic E-state index is -0.228. The van der Waals surface area contributed by atoms with Crippen molar-refractivity contribution in [3.8, 4) is 5.88 Å². The van der Waals surface area contributed by atoms with Gasteiger partial charge in [-0.25, -0.2) is 4.98 Å². The molecular formula is C16H20N4O2S2. The Kier molecular flexibility index (Phi) is 6.03. The summed E-state index contributed by atoms with van der Waals surface area (Å²) in [5.74, 6) is 0.597. The number of rotatable bonds is 7. The fourth-order valence-corrected chi connectivity index (χ4v) is 4.22. The largest absolute Gasteiger partial charge is 0.474 e. The lowest BCUT2D eigenvalue weighted by molar-refractivity contribution is -0.120. The summed E-state index contributed by atoms with van der Waals surface area (Å²) >= 11 is 2.84. The van der Waals surface area contributed by atoms with Gasteiger partial charge in [-0.1, -0.05) is 29.2 Å². The molecule has 2 aromatic rings. The first kappa shape index (κ1) is 17.2. The third kappa shape index (κ3) is 4.67. The van der Waals surface area contributed by atoms with Crippen molar-refractivity contribution in [1.29, 1.82) is 0 Å². The smallest absolute Gasteiger partial charge is 0.233 e. The summed E-state index contributed by atoms with van der Waals surface area (Å²) in [6, 6.07) is 3.81. The van der Waals surface area contributed by atoms with E-state index < -0.39 is 0 Å². The molecule has 1 N–H and O–H groups in total. The molecule has 0 aromatic carbocycles. The number of hydrogen-bond acceptors (Lipinski definition) is 7. The number of hydrogen-bond donors (Lipinski definition) is 1. The lowest BCUT2D eigenvalue weighted by atomic mass is 10.2. The first-order valence-electron chi connectivity index (χ1n) is 8.03. The van der Waals surface area contributed by atoms with Crippen molar-refractivity contribution in [3.63, 3.8) is 0 Å². The van der Waals surface area contributed by atoms with Crippen LogP contribution in [0.2, 0.25) is 0 Å². The van der Waals surface area contributed by atoms with E-state index in [0.717, 1.165) is 22.7 Å². The Bertz CT molecular complexity index is 660. The Morgan fingerprint density at radius 1 is 1.50 bits per heavy atom. The molecule has 1 amide bonds. The number of thioether (sulfide) groups is 1. The molecule has 6 nitrogen and oxygen atoms in total. The SMILES string of the molecule is C[C@@H](Sc1nncs1)C(=O)NCc1cccnc1OC1CCCC1. The quantitative estimate of drug-likeness (QED) is 0.761. The van der Waals surface area contributed by atoms with Crippen molar-refractivity contribution in [2.45, 2.75) is 54.8 Å². The zero-order chi connectivity index (χ0) is 16.8. The monoisotopic (exact) mass is 364 g/mol. The Hall–Kier alpha value is -1.67. The summed E-state index contributed by atoms with van der Waals surface area (Å²) in [6.45, 7) is 2.27. The maximum absolute atomic E-state index is 12.3. The lowest BCUT2D eigenvalue weighted by Gasteiger charge is -2.16. The number of nitrogens with one attached hydrogen (secondary N) is 1. The molecule has 0 unspecified atom stereocenters. The topological polar surface area (TPSA) is 77.0 Å². The molecule has 2 heterocycles. The first-order chi connectivity index (χ1) is 11.7. The number of aromatic nitrogens is 3. The first-order valence-corrected chi connectivity index (χ1v) is 9.79. The summed E-state index contributed by atoms with van der Waals surface area (Å²) < 4.78 is 6.80. The highest BCUT2D eigenvalue weighted by Crippen LogP contribution is 2.26. The van der Waals surface area contributed by atoms with Gasteiger partial charge in [0.25, 0.3) is 0 Å². The fourth-order valence-electron chi connectivity index (χ4n) is 2.57. The van der Waals surface area contributed by atoms with E-state index in [4.69, 9.17) is 4.74 Å². The third-order valence-corrected chi connectivity index (χ3v) is 5.78. The fraction of sp³-hybridized carbons (Fsp3) is 0.500. The van der Waals surface area contributed by atoms with Crippen LogP contribution in [0.25, 0.3) is 0 Å².